The first-order valence-electron chi connectivity index (χ1n) is 10.4. The van der Waals surface area contributed by atoms with E-state index < -0.39 is 33.8 Å². The number of halogens is 6. The van der Waals surface area contributed by atoms with Crippen LogP contribution in [-0.2, 0) is 9.75 Å². The van der Waals surface area contributed by atoms with Crippen molar-refractivity contribution in [1.82, 2.24) is 0 Å². The average molecular weight is 515 g/mol. The molecule has 2 nitrogen and oxygen atoms in total. The molecule has 0 aliphatic carbocycles. The summed E-state index contributed by atoms with van der Waals surface area (Å²) in [5, 5.41) is 11.2. The van der Waals surface area contributed by atoms with Gasteiger partial charge in [0.15, 0.2) is 9.93 Å². The van der Waals surface area contributed by atoms with E-state index in [1.165, 1.54) is 45.2 Å². The third-order valence-corrected chi connectivity index (χ3v) is 6.97. The fourth-order valence-corrected chi connectivity index (χ4v) is 4.68. The number of aliphatic hydroxyl groups is 1. The summed E-state index contributed by atoms with van der Waals surface area (Å²) in [7, 11) is 1.32. The molecule has 3 aromatic carbocycles. The zero-order valence-corrected chi connectivity index (χ0v) is 20.3. The van der Waals surface area contributed by atoms with Gasteiger partial charge in [0.1, 0.15) is 11.6 Å². The highest BCUT2D eigenvalue weighted by atomic mass is 35.5. The molecule has 0 heterocycles. The largest absolute Gasteiger partial charge is 0.496 e. The molecule has 34 heavy (non-hydrogen) atoms. The van der Waals surface area contributed by atoms with Gasteiger partial charge in [0, 0.05) is 5.56 Å². The van der Waals surface area contributed by atoms with E-state index in [0.717, 1.165) is 17.7 Å². The summed E-state index contributed by atoms with van der Waals surface area (Å²) in [5.41, 5.74) is -3.70. The van der Waals surface area contributed by atoms with E-state index in [4.69, 9.17) is 27.9 Å². The number of hydrogen-bond donors (Lipinski definition) is 1. The molecule has 1 unspecified atom stereocenters. The Morgan fingerprint density at radius 1 is 0.853 bits per heavy atom. The zero-order chi connectivity index (χ0) is 25.4. The van der Waals surface area contributed by atoms with Crippen molar-refractivity contribution in [2.45, 2.75) is 41.8 Å². The van der Waals surface area contributed by atoms with Crippen LogP contribution in [0.1, 0.15) is 31.4 Å². The van der Waals surface area contributed by atoms with Gasteiger partial charge in [0.25, 0.3) is 0 Å². The number of benzene rings is 3. The Morgan fingerprint density at radius 2 is 1.47 bits per heavy atom. The second-order valence-corrected chi connectivity index (χ2v) is 10.1. The van der Waals surface area contributed by atoms with Crippen molar-refractivity contribution in [3.63, 3.8) is 0 Å². The molecule has 0 radical (unpaired) electrons. The fraction of sp³-hybridized carbons (Fsp3) is 0.308. The average Bonchev–Trinajstić information content (AvgIpc) is 2.78. The van der Waals surface area contributed by atoms with Crippen molar-refractivity contribution in [3.05, 3.63) is 89.7 Å². The van der Waals surface area contributed by atoms with Gasteiger partial charge in [-0.3, -0.25) is 0 Å². The highest BCUT2D eigenvalue weighted by Crippen LogP contribution is 2.56. The topological polar surface area (TPSA) is 29.5 Å². The maximum atomic E-state index is 14.5. The van der Waals surface area contributed by atoms with Gasteiger partial charge in [0.2, 0.25) is 0 Å². The van der Waals surface area contributed by atoms with Crippen molar-refractivity contribution in [2.75, 3.05) is 7.11 Å². The minimum absolute atomic E-state index is 0.126. The van der Waals surface area contributed by atoms with E-state index >= 15 is 0 Å². The van der Waals surface area contributed by atoms with Crippen LogP contribution in [0, 0.1) is 5.82 Å². The lowest BCUT2D eigenvalue weighted by atomic mass is 9.72. The molecule has 0 bridgehead atoms. The molecular formula is C26H24Cl2F4O2. The third-order valence-electron chi connectivity index (χ3n) is 5.91. The predicted molar refractivity (Wildman–Crippen MR) is 127 cm³/mol. The van der Waals surface area contributed by atoms with Gasteiger partial charge in [-0.2, -0.15) is 13.2 Å². The molecule has 3 aromatic rings. The highest BCUT2D eigenvalue weighted by molar-refractivity contribution is 6.49. The van der Waals surface area contributed by atoms with Gasteiger partial charge < -0.3 is 9.84 Å². The Kier molecular flexibility index (Phi) is 7.28. The van der Waals surface area contributed by atoms with E-state index in [1.54, 1.807) is 30.3 Å². The van der Waals surface area contributed by atoms with Crippen molar-refractivity contribution >= 4 is 23.2 Å². The molecule has 1 atom stereocenters. The highest BCUT2D eigenvalue weighted by Gasteiger charge is 2.67. The number of hydrogen-bond acceptors (Lipinski definition) is 2. The van der Waals surface area contributed by atoms with Gasteiger partial charge in [0.05, 0.1) is 7.11 Å². The second kappa shape index (κ2) is 9.40. The summed E-state index contributed by atoms with van der Waals surface area (Å²) in [6.07, 6.45) is -6.19. The first kappa shape index (κ1) is 26.3. The van der Waals surface area contributed by atoms with Gasteiger partial charge in [-0.15, -0.1) is 0 Å². The van der Waals surface area contributed by atoms with E-state index in [9.17, 15) is 22.7 Å². The van der Waals surface area contributed by atoms with Crippen LogP contribution in [0.2, 0.25) is 0 Å². The van der Waals surface area contributed by atoms with E-state index in [2.05, 4.69) is 0 Å². The van der Waals surface area contributed by atoms with Crippen LogP contribution in [0.25, 0.3) is 11.1 Å². The maximum absolute atomic E-state index is 14.5. The molecule has 0 aliphatic heterocycles. The molecule has 1 N–H and O–H groups in total. The summed E-state index contributed by atoms with van der Waals surface area (Å²) >= 11 is 12.8. The number of alkyl halides is 5. The molecule has 0 fully saturated rings. The summed E-state index contributed by atoms with van der Waals surface area (Å²) < 4.78 is 59.9. The lowest BCUT2D eigenvalue weighted by Crippen LogP contribution is -2.58. The quantitative estimate of drug-likeness (QED) is 0.257. The first-order valence-corrected chi connectivity index (χ1v) is 11.2. The van der Waals surface area contributed by atoms with Crippen LogP contribution in [-0.4, -0.2) is 24.0 Å². The van der Waals surface area contributed by atoms with E-state index in [0.29, 0.717) is 5.56 Å². The van der Waals surface area contributed by atoms with E-state index in [-0.39, 0.29) is 16.9 Å². The molecule has 8 heteroatoms. The maximum Gasteiger partial charge on any atom is 0.420 e. The van der Waals surface area contributed by atoms with Gasteiger partial charge >= 0.3 is 6.18 Å². The zero-order valence-electron chi connectivity index (χ0n) is 18.8. The van der Waals surface area contributed by atoms with Crippen molar-refractivity contribution < 1.29 is 27.4 Å². The Morgan fingerprint density at radius 3 is 2.06 bits per heavy atom. The summed E-state index contributed by atoms with van der Waals surface area (Å²) in [4.78, 5) is 0. The summed E-state index contributed by atoms with van der Waals surface area (Å²) in [6.45, 7) is 2.87. The normalized spacial score (nSPS) is 14.5. The Hall–Kier alpha value is -2.28. The summed E-state index contributed by atoms with van der Waals surface area (Å²) in [5.74, 6) is -0.477. The number of methoxy groups -OCH3 is 1. The Balaban J connectivity index is 2.12. The molecule has 182 valence electrons. The molecule has 0 amide bonds. The molecule has 0 saturated carbocycles. The van der Waals surface area contributed by atoms with Crippen LogP contribution >= 0.6 is 23.2 Å². The number of rotatable bonds is 7. The standard InChI is InChI=1S/C26H24Cl2F4O2/c1-23(2,21-15-20(29)12-13-22(21)34-3)16-24(33,26(30,31)32)25(27,28)19-11-7-10-18(14-19)17-8-5-4-6-9-17/h4-15,33H,16H2,1-3H3. The first-order chi connectivity index (χ1) is 15.7. The lowest BCUT2D eigenvalue weighted by Gasteiger charge is -2.44. The van der Waals surface area contributed by atoms with Crippen molar-refractivity contribution in [2.24, 2.45) is 0 Å². The Labute approximate surface area is 206 Å². The molecule has 0 aromatic heterocycles. The SMILES string of the molecule is COc1ccc(F)cc1C(C)(C)CC(O)(C(F)(F)F)C(Cl)(Cl)c1cccc(-c2ccccc2)c1. The van der Waals surface area contributed by atoms with Crippen LogP contribution in [0.4, 0.5) is 17.6 Å². The van der Waals surface area contributed by atoms with Crippen LogP contribution in [0.3, 0.4) is 0 Å². The second-order valence-electron chi connectivity index (χ2n) is 8.78. The van der Waals surface area contributed by atoms with E-state index in [1.807, 2.05) is 6.07 Å². The van der Waals surface area contributed by atoms with Crippen LogP contribution in [0.15, 0.2) is 72.8 Å². The van der Waals surface area contributed by atoms with Crippen molar-refractivity contribution in [3.8, 4) is 16.9 Å². The number of ether oxygens (including phenoxy) is 1. The van der Waals surface area contributed by atoms with Crippen LogP contribution in [0.5, 0.6) is 5.75 Å². The predicted octanol–water partition coefficient (Wildman–Crippen LogP) is 7.79. The summed E-state index contributed by atoms with van der Waals surface area (Å²) in [6, 6.07) is 18.5. The lowest BCUT2D eigenvalue weighted by molar-refractivity contribution is -0.273. The Bertz CT molecular complexity index is 1150. The minimum atomic E-state index is -5.23. The molecular weight excluding hydrogens is 491 g/mol. The monoisotopic (exact) mass is 514 g/mol. The van der Waals surface area contributed by atoms with Crippen LogP contribution < -0.4 is 4.74 Å². The smallest absolute Gasteiger partial charge is 0.420 e. The fourth-order valence-electron chi connectivity index (χ4n) is 4.10. The molecule has 0 spiro atoms. The van der Waals surface area contributed by atoms with Gasteiger partial charge in [-0.25, -0.2) is 4.39 Å². The minimum Gasteiger partial charge on any atom is -0.496 e. The van der Waals surface area contributed by atoms with Crippen molar-refractivity contribution in [1.29, 1.82) is 0 Å². The molecule has 3 rings (SSSR count). The van der Waals surface area contributed by atoms with Gasteiger partial charge in [-0.05, 0) is 52.8 Å². The third kappa shape index (κ3) is 4.90. The van der Waals surface area contributed by atoms with Gasteiger partial charge in [-0.1, -0.05) is 85.6 Å². The molecule has 0 aliphatic rings. The molecule has 0 saturated heterocycles.